The van der Waals surface area contributed by atoms with Crippen LogP contribution in [0.1, 0.15) is 32.1 Å². The Labute approximate surface area is 93.8 Å². The molecule has 1 amide bonds. The third-order valence-electron chi connectivity index (χ3n) is 2.89. The lowest BCUT2D eigenvalue weighted by atomic mass is 9.75. The van der Waals surface area contributed by atoms with Crippen molar-refractivity contribution in [2.75, 3.05) is 6.54 Å². The molecular weight excluding hydrogens is 212 g/mol. The summed E-state index contributed by atoms with van der Waals surface area (Å²) in [7, 11) is 0. The summed E-state index contributed by atoms with van der Waals surface area (Å²) in [6.07, 6.45) is 1.64. The first-order valence-electron chi connectivity index (χ1n) is 5.39. The van der Waals surface area contributed by atoms with Gasteiger partial charge in [-0.2, -0.15) is 0 Å². The highest BCUT2D eigenvalue weighted by atomic mass is 16.4. The van der Waals surface area contributed by atoms with E-state index in [0.717, 1.165) is 19.3 Å². The highest BCUT2D eigenvalue weighted by molar-refractivity contribution is 5.77. The molecule has 1 aliphatic carbocycles. The van der Waals surface area contributed by atoms with Crippen molar-refractivity contribution < 1.29 is 19.8 Å². The van der Waals surface area contributed by atoms with Crippen LogP contribution in [0.15, 0.2) is 0 Å². The fourth-order valence-electron chi connectivity index (χ4n) is 1.66. The predicted molar refractivity (Wildman–Crippen MR) is 56.7 cm³/mol. The van der Waals surface area contributed by atoms with E-state index < -0.39 is 12.1 Å². The number of hydrogen-bond acceptors (Lipinski definition) is 4. The van der Waals surface area contributed by atoms with Gasteiger partial charge >= 0.3 is 5.97 Å². The minimum atomic E-state index is -1.42. The molecule has 1 fully saturated rings. The van der Waals surface area contributed by atoms with Crippen LogP contribution in [0.3, 0.4) is 0 Å². The molecule has 0 bridgehead atoms. The topological polar surface area (TPSA) is 113 Å². The molecule has 5 N–H and O–H groups in total. The standard InChI is InChI=1S/C10H18N2O4/c11-10(3-1-4-10)6-8(14)12-5-2-7(13)9(15)16/h7,13H,1-6,11H2,(H,12,14)(H,15,16). The van der Waals surface area contributed by atoms with Crippen molar-refractivity contribution in [3.05, 3.63) is 0 Å². The van der Waals surface area contributed by atoms with E-state index in [4.69, 9.17) is 15.9 Å². The third kappa shape index (κ3) is 3.79. The molecule has 92 valence electrons. The van der Waals surface area contributed by atoms with E-state index in [2.05, 4.69) is 5.32 Å². The number of carbonyl (C=O) groups excluding carboxylic acids is 1. The number of aliphatic carboxylic acids is 1. The first kappa shape index (κ1) is 12.9. The summed E-state index contributed by atoms with van der Waals surface area (Å²) >= 11 is 0. The molecule has 0 heterocycles. The van der Waals surface area contributed by atoms with Crippen molar-refractivity contribution in [3.8, 4) is 0 Å². The molecule has 6 nitrogen and oxygen atoms in total. The van der Waals surface area contributed by atoms with E-state index in [0.29, 0.717) is 0 Å². The maximum absolute atomic E-state index is 11.4. The van der Waals surface area contributed by atoms with E-state index in [1.54, 1.807) is 0 Å². The fraction of sp³-hybridized carbons (Fsp3) is 0.800. The van der Waals surface area contributed by atoms with Crippen LogP contribution in [-0.4, -0.2) is 40.3 Å². The number of nitrogens with two attached hydrogens (primary N) is 1. The fourth-order valence-corrected chi connectivity index (χ4v) is 1.66. The molecule has 0 aromatic carbocycles. The van der Waals surface area contributed by atoms with Crippen LogP contribution in [0.5, 0.6) is 0 Å². The Kier molecular flexibility index (Phi) is 4.26. The number of hydrogen-bond donors (Lipinski definition) is 4. The SMILES string of the molecule is NC1(CC(=O)NCCC(O)C(=O)O)CCC1. The Hall–Kier alpha value is -1.14. The number of aliphatic hydroxyl groups excluding tert-OH is 1. The van der Waals surface area contributed by atoms with E-state index in [1.165, 1.54) is 0 Å². The molecule has 1 aliphatic rings. The summed E-state index contributed by atoms with van der Waals surface area (Å²) in [5.41, 5.74) is 5.51. The number of amides is 1. The first-order valence-corrected chi connectivity index (χ1v) is 5.39. The van der Waals surface area contributed by atoms with Crippen molar-refractivity contribution in [3.63, 3.8) is 0 Å². The quantitative estimate of drug-likeness (QED) is 0.477. The van der Waals surface area contributed by atoms with Gasteiger partial charge in [-0.25, -0.2) is 4.79 Å². The monoisotopic (exact) mass is 230 g/mol. The van der Waals surface area contributed by atoms with Gasteiger partial charge in [-0.15, -0.1) is 0 Å². The summed E-state index contributed by atoms with van der Waals surface area (Å²) in [6, 6.07) is 0. The van der Waals surface area contributed by atoms with Crippen molar-refractivity contribution >= 4 is 11.9 Å². The lowest BCUT2D eigenvalue weighted by Gasteiger charge is -2.37. The van der Waals surface area contributed by atoms with Gasteiger partial charge in [0.25, 0.3) is 0 Å². The second-order valence-corrected chi connectivity index (χ2v) is 4.39. The lowest BCUT2D eigenvalue weighted by molar-refractivity contribution is -0.147. The Morgan fingerprint density at radius 2 is 2.06 bits per heavy atom. The molecular formula is C10H18N2O4. The van der Waals surface area contributed by atoms with Crippen molar-refractivity contribution in [2.45, 2.75) is 43.7 Å². The molecule has 1 atom stereocenters. The summed E-state index contributed by atoms with van der Waals surface area (Å²) < 4.78 is 0. The Bertz CT molecular complexity index is 276. The van der Waals surface area contributed by atoms with Crippen molar-refractivity contribution in [1.29, 1.82) is 0 Å². The summed E-state index contributed by atoms with van der Waals surface area (Å²) in [4.78, 5) is 21.7. The maximum atomic E-state index is 11.4. The molecule has 1 unspecified atom stereocenters. The normalized spacial score (nSPS) is 19.6. The zero-order valence-corrected chi connectivity index (χ0v) is 9.11. The molecule has 0 spiro atoms. The molecule has 6 heteroatoms. The number of carbonyl (C=O) groups is 2. The highest BCUT2D eigenvalue weighted by Crippen LogP contribution is 2.31. The summed E-state index contributed by atoms with van der Waals surface area (Å²) in [5.74, 6) is -1.46. The van der Waals surface area contributed by atoms with Crippen molar-refractivity contribution in [1.82, 2.24) is 5.32 Å². The molecule has 16 heavy (non-hydrogen) atoms. The van der Waals surface area contributed by atoms with Crippen LogP contribution < -0.4 is 11.1 Å². The Balaban J connectivity index is 2.13. The van der Waals surface area contributed by atoms with Crippen LogP contribution >= 0.6 is 0 Å². The van der Waals surface area contributed by atoms with Gasteiger partial charge in [0.1, 0.15) is 0 Å². The summed E-state index contributed by atoms with van der Waals surface area (Å²) in [5, 5.41) is 19.9. The number of aliphatic hydroxyl groups is 1. The van der Waals surface area contributed by atoms with Gasteiger partial charge in [-0.1, -0.05) is 0 Å². The molecule has 1 saturated carbocycles. The van der Waals surface area contributed by atoms with E-state index in [-0.39, 0.29) is 30.8 Å². The minimum absolute atomic E-state index is 0.0125. The van der Waals surface area contributed by atoms with Gasteiger partial charge in [0.15, 0.2) is 6.10 Å². The third-order valence-corrected chi connectivity index (χ3v) is 2.89. The second-order valence-electron chi connectivity index (χ2n) is 4.39. The van der Waals surface area contributed by atoms with Crippen LogP contribution in [-0.2, 0) is 9.59 Å². The van der Waals surface area contributed by atoms with Crippen molar-refractivity contribution in [2.24, 2.45) is 5.73 Å². The predicted octanol–water partition coefficient (Wildman–Crippen LogP) is -0.790. The second kappa shape index (κ2) is 5.27. The van der Waals surface area contributed by atoms with Crippen LogP contribution in [0.25, 0.3) is 0 Å². The first-order chi connectivity index (χ1) is 7.43. The van der Waals surface area contributed by atoms with Crippen LogP contribution in [0, 0.1) is 0 Å². The van der Waals surface area contributed by atoms with E-state index in [9.17, 15) is 9.59 Å². The minimum Gasteiger partial charge on any atom is -0.479 e. The molecule has 1 rings (SSSR count). The number of rotatable bonds is 6. The molecule has 0 aromatic heterocycles. The van der Waals surface area contributed by atoms with Gasteiger partial charge in [0.2, 0.25) is 5.91 Å². The summed E-state index contributed by atoms with van der Waals surface area (Å²) in [6.45, 7) is 0.155. The van der Waals surface area contributed by atoms with Gasteiger partial charge in [0, 0.05) is 24.9 Å². The number of carboxylic acid groups (broad SMARTS) is 1. The Morgan fingerprint density at radius 3 is 2.50 bits per heavy atom. The largest absolute Gasteiger partial charge is 0.479 e. The zero-order chi connectivity index (χ0) is 12.2. The molecule has 0 aliphatic heterocycles. The zero-order valence-electron chi connectivity index (χ0n) is 9.11. The van der Waals surface area contributed by atoms with Gasteiger partial charge in [-0.05, 0) is 19.3 Å². The van der Waals surface area contributed by atoms with Crippen LogP contribution in [0.2, 0.25) is 0 Å². The average Bonchev–Trinajstić information content (AvgIpc) is 2.14. The molecule has 0 radical (unpaired) electrons. The number of carboxylic acids is 1. The lowest BCUT2D eigenvalue weighted by Crippen LogP contribution is -2.50. The van der Waals surface area contributed by atoms with E-state index in [1.807, 2.05) is 0 Å². The average molecular weight is 230 g/mol. The molecule has 0 saturated heterocycles. The van der Waals surface area contributed by atoms with Gasteiger partial charge < -0.3 is 21.3 Å². The maximum Gasteiger partial charge on any atom is 0.332 e. The van der Waals surface area contributed by atoms with Gasteiger partial charge in [0.05, 0.1) is 0 Å². The number of nitrogens with one attached hydrogen (secondary N) is 1. The molecule has 0 aromatic rings. The van der Waals surface area contributed by atoms with E-state index >= 15 is 0 Å². The van der Waals surface area contributed by atoms with Gasteiger partial charge in [-0.3, -0.25) is 4.79 Å². The smallest absolute Gasteiger partial charge is 0.332 e. The highest BCUT2D eigenvalue weighted by Gasteiger charge is 2.34. The van der Waals surface area contributed by atoms with Crippen LogP contribution in [0.4, 0.5) is 0 Å². The Morgan fingerprint density at radius 1 is 1.44 bits per heavy atom.